The fraction of sp³-hybridized carbons (Fsp3) is 0.200. The fourth-order valence-corrected chi connectivity index (χ4v) is 2.99. The number of alkyl halides is 3. The van der Waals surface area contributed by atoms with Crippen LogP contribution in [0.3, 0.4) is 0 Å². The van der Waals surface area contributed by atoms with Crippen molar-refractivity contribution < 1.29 is 22.4 Å². The molecule has 0 radical (unpaired) electrons. The van der Waals surface area contributed by atoms with Gasteiger partial charge in [-0.25, -0.2) is 9.18 Å². The van der Waals surface area contributed by atoms with Crippen molar-refractivity contribution in [3.8, 4) is 0 Å². The number of halogens is 4. The van der Waals surface area contributed by atoms with E-state index in [1.54, 1.807) is 31.2 Å². The minimum Gasteiger partial charge on any atom is -0.328 e. The minimum absolute atomic E-state index is 0.186. The number of fused-ring (bicyclic) bond motifs is 1. The van der Waals surface area contributed by atoms with Crippen molar-refractivity contribution >= 4 is 22.5 Å². The van der Waals surface area contributed by atoms with Crippen LogP contribution in [0.4, 0.5) is 28.0 Å². The first-order valence-corrected chi connectivity index (χ1v) is 8.60. The number of pyridine rings is 1. The number of benzene rings is 2. The number of aromatic nitrogens is 1. The first-order valence-electron chi connectivity index (χ1n) is 8.60. The molecule has 0 aliphatic carbocycles. The quantitative estimate of drug-likeness (QED) is 0.606. The van der Waals surface area contributed by atoms with E-state index in [9.17, 15) is 27.2 Å². The van der Waals surface area contributed by atoms with Crippen LogP contribution in [0.5, 0.6) is 0 Å². The number of amides is 2. The molecule has 3 aromatic rings. The molecular weight excluding hydrogens is 390 g/mol. The van der Waals surface area contributed by atoms with Gasteiger partial charge in [-0.15, -0.1) is 0 Å². The summed E-state index contributed by atoms with van der Waals surface area (Å²) in [6, 6.07) is 7.92. The molecule has 0 aliphatic rings. The summed E-state index contributed by atoms with van der Waals surface area (Å²) >= 11 is 0. The van der Waals surface area contributed by atoms with Gasteiger partial charge < -0.3 is 15.2 Å². The van der Waals surface area contributed by atoms with Crippen molar-refractivity contribution in [2.45, 2.75) is 19.1 Å². The molecule has 0 saturated heterocycles. The number of anilines is 1. The number of carbonyl (C=O) groups is 1. The number of H-pyrrole nitrogens is 1. The van der Waals surface area contributed by atoms with Gasteiger partial charge in [-0.1, -0.05) is 18.2 Å². The average Bonchev–Trinajstić information content (AvgIpc) is 2.68. The van der Waals surface area contributed by atoms with Crippen LogP contribution in [0.1, 0.15) is 24.1 Å². The van der Waals surface area contributed by atoms with Crippen LogP contribution in [0.15, 0.2) is 53.5 Å². The van der Waals surface area contributed by atoms with E-state index in [1.165, 1.54) is 18.1 Å². The maximum Gasteiger partial charge on any atom is 0.419 e. The van der Waals surface area contributed by atoms with Crippen molar-refractivity contribution in [1.82, 2.24) is 9.88 Å². The molecule has 5 nitrogen and oxygen atoms in total. The summed E-state index contributed by atoms with van der Waals surface area (Å²) in [6.45, 7) is 1.71. The van der Waals surface area contributed by atoms with Gasteiger partial charge in [-0.2, -0.15) is 13.2 Å². The Morgan fingerprint density at radius 1 is 1.14 bits per heavy atom. The van der Waals surface area contributed by atoms with Crippen molar-refractivity contribution in [3.05, 3.63) is 76.0 Å². The lowest BCUT2D eigenvalue weighted by Crippen LogP contribution is -2.34. The normalized spacial score (nSPS) is 12.6. The number of aromatic amines is 1. The average molecular weight is 407 g/mol. The molecule has 1 heterocycles. The van der Waals surface area contributed by atoms with Gasteiger partial charge in [0.2, 0.25) is 0 Å². The zero-order chi connectivity index (χ0) is 21.3. The molecule has 2 amide bonds. The first-order chi connectivity index (χ1) is 13.6. The predicted octanol–water partition coefficient (Wildman–Crippen LogP) is 4.91. The van der Waals surface area contributed by atoms with Crippen LogP contribution in [0, 0.1) is 5.82 Å². The van der Waals surface area contributed by atoms with E-state index in [4.69, 9.17) is 0 Å². The Bertz CT molecular complexity index is 1120. The van der Waals surface area contributed by atoms with E-state index < -0.39 is 29.6 Å². The molecule has 152 valence electrons. The van der Waals surface area contributed by atoms with Crippen LogP contribution in [-0.2, 0) is 6.18 Å². The Labute approximate surface area is 163 Å². The summed E-state index contributed by atoms with van der Waals surface area (Å²) in [7, 11) is 1.47. The van der Waals surface area contributed by atoms with Crippen LogP contribution >= 0.6 is 0 Å². The van der Waals surface area contributed by atoms with E-state index in [-0.39, 0.29) is 11.2 Å². The largest absolute Gasteiger partial charge is 0.419 e. The molecule has 1 atom stereocenters. The molecule has 0 unspecified atom stereocenters. The second-order valence-electron chi connectivity index (χ2n) is 6.53. The maximum absolute atomic E-state index is 13.4. The van der Waals surface area contributed by atoms with Gasteiger partial charge in [-0.05, 0) is 42.1 Å². The van der Waals surface area contributed by atoms with E-state index in [0.29, 0.717) is 28.5 Å². The van der Waals surface area contributed by atoms with Crippen LogP contribution in [-0.4, -0.2) is 23.0 Å². The van der Waals surface area contributed by atoms with Gasteiger partial charge in [-0.3, -0.25) is 4.79 Å². The molecule has 0 saturated carbocycles. The predicted molar refractivity (Wildman–Crippen MR) is 101 cm³/mol. The molecular formula is C20H17F4N3O2. The zero-order valence-electron chi connectivity index (χ0n) is 15.5. The van der Waals surface area contributed by atoms with Crippen LogP contribution < -0.4 is 10.9 Å². The Kier molecular flexibility index (Phi) is 5.32. The highest BCUT2D eigenvalue weighted by atomic mass is 19.4. The number of nitrogens with one attached hydrogen (secondary N) is 2. The third kappa shape index (κ3) is 4.08. The fourth-order valence-electron chi connectivity index (χ4n) is 2.99. The summed E-state index contributed by atoms with van der Waals surface area (Å²) in [5.41, 5.74) is -1.26. The molecule has 0 spiro atoms. The minimum atomic E-state index is -4.88. The summed E-state index contributed by atoms with van der Waals surface area (Å²) < 4.78 is 52.0. The molecule has 0 fully saturated rings. The van der Waals surface area contributed by atoms with E-state index in [0.717, 1.165) is 6.07 Å². The van der Waals surface area contributed by atoms with Gasteiger partial charge in [0.15, 0.2) is 0 Å². The maximum atomic E-state index is 13.4. The van der Waals surface area contributed by atoms with Crippen molar-refractivity contribution in [3.63, 3.8) is 0 Å². The van der Waals surface area contributed by atoms with Gasteiger partial charge in [0, 0.05) is 24.3 Å². The highest BCUT2D eigenvalue weighted by molar-refractivity contribution is 5.90. The van der Waals surface area contributed by atoms with Gasteiger partial charge in [0.25, 0.3) is 5.56 Å². The number of hydrogen-bond acceptors (Lipinski definition) is 2. The first kappa shape index (κ1) is 20.4. The second kappa shape index (κ2) is 7.57. The standard InChI is InChI=1S/C20H17F4N3O2/c1-11(15-10-25-18(28)14-6-4-3-5-13(14)15)27(2)19(29)26-12-7-8-17(21)16(9-12)20(22,23)24/h3-11H,1-2H3,(H,25,28)(H,26,29)/t11-/m0/s1. The number of carbonyl (C=O) groups excluding carboxylic acids is 1. The van der Waals surface area contributed by atoms with E-state index in [2.05, 4.69) is 10.3 Å². The lowest BCUT2D eigenvalue weighted by Gasteiger charge is -2.26. The molecule has 0 aliphatic heterocycles. The summed E-state index contributed by atoms with van der Waals surface area (Å²) in [5, 5.41) is 3.45. The summed E-state index contributed by atoms with van der Waals surface area (Å²) in [4.78, 5) is 28.4. The molecule has 2 N–H and O–H groups in total. The highest BCUT2D eigenvalue weighted by Crippen LogP contribution is 2.33. The van der Waals surface area contributed by atoms with Crippen molar-refractivity contribution in [1.29, 1.82) is 0 Å². The third-order valence-electron chi connectivity index (χ3n) is 4.72. The molecule has 9 heteroatoms. The second-order valence-corrected chi connectivity index (χ2v) is 6.53. The van der Waals surface area contributed by atoms with Gasteiger partial charge >= 0.3 is 12.2 Å². The monoisotopic (exact) mass is 407 g/mol. The van der Waals surface area contributed by atoms with Crippen LogP contribution in [0.25, 0.3) is 10.8 Å². The lowest BCUT2D eigenvalue weighted by atomic mass is 10.0. The summed E-state index contributed by atoms with van der Waals surface area (Å²) in [6.07, 6.45) is -3.38. The van der Waals surface area contributed by atoms with Crippen molar-refractivity contribution in [2.75, 3.05) is 12.4 Å². The van der Waals surface area contributed by atoms with E-state index >= 15 is 0 Å². The number of urea groups is 1. The smallest absolute Gasteiger partial charge is 0.328 e. The van der Waals surface area contributed by atoms with Gasteiger partial charge in [0.1, 0.15) is 5.82 Å². The number of hydrogen-bond donors (Lipinski definition) is 2. The van der Waals surface area contributed by atoms with Crippen LogP contribution in [0.2, 0.25) is 0 Å². The Morgan fingerprint density at radius 3 is 2.45 bits per heavy atom. The molecule has 3 rings (SSSR count). The molecule has 1 aromatic heterocycles. The molecule has 0 bridgehead atoms. The zero-order valence-corrected chi connectivity index (χ0v) is 15.5. The topological polar surface area (TPSA) is 65.2 Å². The highest BCUT2D eigenvalue weighted by Gasteiger charge is 2.34. The number of rotatable bonds is 3. The Balaban J connectivity index is 1.86. The molecule has 2 aromatic carbocycles. The molecule has 29 heavy (non-hydrogen) atoms. The van der Waals surface area contributed by atoms with Gasteiger partial charge in [0.05, 0.1) is 11.6 Å². The third-order valence-corrected chi connectivity index (χ3v) is 4.72. The number of nitrogens with zero attached hydrogens (tertiary/aromatic N) is 1. The lowest BCUT2D eigenvalue weighted by molar-refractivity contribution is -0.139. The Hall–Kier alpha value is -3.36. The van der Waals surface area contributed by atoms with Crippen molar-refractivity contribution in [2.24, 2.45) is 0 Å². The SMILES string of the molecule is C[C@@H](c1c[nH]c(=O)c2ccccc12)N(C)C(=O)Nc1ccc(F)c(C(F)(F)F)c1. The Morgan fingerprint density at radius 2 is 1.79 bits per heavy atom. The van der Waals surface area contributed by atoms with E-state index in [1.807, 2.05) is 0 Å². The summed E-state index contributed by atoms with van der Waals surface area (Å²) in [5.74, 6) is -1.42.